The van der Waals surface area contributed by atoms with Gasteiger partial charge >= 0.3 is 0 Å². The van der Waals surface area contributed by atoms with Crippen molar-refractivity contribution in [3.63, 3.8) is 0 Å². The third-order valence-corrected chi connectivity index (χ3v) is 6.12. The zero-order valence-corrected chi connectivity index (χ0v) is 19.3. The van der Waals surface area contributed by atoms with Crippen molar-refractivity contribution in [1.82, 2.24) is 9.55 Å². The van der Waals surface area contributed by atoms with Crippen LogP contribution in [0.5, 0.6) is 0 Å². The van der Waals surface area contributed by atoms with Gasteiger partial charge in [-0.1, -0.05) is 82.0 Å². The highest BCUT2D eigenvalue weighted by atomic mass is 16.1. The number of hydrogen-bond acceptors (Lipinski definition) is 3. The molecule has 1 N–H and O–H groups in total. The summed E-state index contributed by atoms with van der Waals surface area (Å²) in [6, 6.07) is 15.9. The van der Waals surface area contributed by atoms with E-state index in [9.17, 15) is 4.79 Å². The molecule has 0 aliphatic heterocycles. The van der Waals surface area contributed by atoms with Gasteiger partial charge in [-0.2, -0.15) is 0 Å². The van der Waals surface area contributed by atoms with E-state index < -0.39 is 0 Å². The highest BCUT2D eigenvalue weighted by molar-refractivity contribution is 5.82. The van der Waals surface area contributed by atoms with E-state index in [2.05, 4.69) is 69.1 Å². The molecule has 0 radical (unpaired) electrons. The number of hydrogen-bond donors (Lipinski definition) is 1. The number of aryl methyl sites for hydroxylation is 1. The van der Waals surface area contributed by atoms with Crippen LogP contribution in [0.15, 0.2) is 89.9 Å². The lowest BCUT2D eigenvalue weighted by Crippen LogP contribution is -2.32. The lowest BCUT2D eigenvalue weighted by Gasteiger charge is -2.29. The summed E-state index contributed by atoms with van der Waals surface area (Å²) in [5.74, 6) is 0.902. The van der Waals surface area contributed by atoms with Gasteiger partial charge in [-0.15, -0.1) is 0 Å². The summed E-state index contributed by atoms with van der Waals surface area (Å²) in [6.45, 7) is 12.4. The van der Waals surface area contributed by atoms with Gasteiger partial charge in [-0.3, -0.25) is 9.36 Å². The number of aromatic nitrogens is 2. The fraction of sp³-hybridized carbons (Fsp3) is 0.286. The van der Waals surface area contributed by atoms with Crippen molar-refractivity contribution in [2.75, 3.05) is 5.32 Å². The van der Waals surface area contributed by atoms with Gasteiger partial charge in [0, 0.05) is 22.7 Å². The monoisotopic (exact) mass is 425 g/mol. The molecule has 2 aromatic carbocycles. The lowest BCUT2D eigenvalue weighted by molar-refractivity contribution is 0.425. The molecule has 0 bridgehead atoms. The van der Waals surface area contributed by atoms with Crippen molar-refractivity contribution in [1.29, 1.82) is 0 Å². The maximum atomic E-state index is 13.9. The maximum Gasteiger partial charge on any atom is 0.262 e. The summed E-state index contributed by atoms with van der Waals surface area (Å²) in [7, 11) is 0. The fourth-order valence-electron chi connectivity index (χ4n) is 4.15. The first kappa shape index (κ1) is 21.8. The van der Waals surface area contributed by atoms with E-state index in [-0.39, 0.29) is 22.9 Å². The third kappa shape index (κ3) is 4.31. The average Bonchev–Trinajstić information content (AvgIpc) is 2.77. The van der Waals surface area contributed by atoms with E-state index in [0.717, 1.165) is 29.2 Å². The van der Waals surface area contributed by atoms with Gasteiger partial charge in [0.05, 0.1) is 16.9 Å². The molecule has 0 amide bonds. The highest BCUT2D eigenvalue weighted by Gasteiger charge is 2.26. The summed E-state index contributed by atoms with van der Waals surface area (Å²) < 4.78 is 1.87. The van der Waals surface area contributed by atoms with Crippen molar-refractivity contribution in [2.24, 2.45) is 11.3 Å². The summed E-state index contributed by atoms with van der Waals surface area (Å²) >= 11 is 0. The van der Waals surface area contributed by atoms with Crippen LogP contribution in [0.2, 0.25) is 0 Å². The number of nitrogens with one attached hydrogen (secondary N) is 1. The molecule has 3 aromatic rings. The van der Waals surface area contributed by atoms with E-state index in [1.165, 1.54) is 0 Å². The Morgan fingerprint density at radius 1 is 1.16 bits per heavy atom. The second-order valence-corrected chi connectivity index (χ2v) is 9.49. The summed E-state index contributed by atoms with van der Waals surface area (Å²) in [5.41, 5.74) is 3.47. The minimum absolute atomic E-state index is 0.0191. The molecular formula is C28H31N3O. The molecule has 0 fully saturated rings. The van der Waals surface area contributed by atoms with Gasteiger partial charge in [0.25, 0.3) is 5.56 Å². The van der Waals surface area contributed by atoms with Gasteiger partial charge in [0.1, 0.15) is 5.82 Å². The van der Waals surface area contributed by atoms with Crippen molar-refractivity contribution < 1.29 is 0 Å². The Morgan fingerprint density at radius 2 is 1.91 bits per heavy atom. The Kier molecular flexibility index (Phi) is 5.88. The normalized spacial score (nSPS) is 16.8. The Morgan fingerprint density at radius 3 is 2.56 bits per heavy atom. The van der Waals surface area contributed by atoms with Gasteiger partial charge in [-0.05, 0) is 37.1 Å². The van der Waals surface area contributed by atoms with E-state index in [1.54, 1.807) is 0 Å². The minimum atomic E-state index is -0.122. The Bertz CT molecular complexity index is 1260. The quantitative estimate of drug-likeness (QED) is 0.515. The molecule has 0 saturated carbocycles. The standard InChI is InChI=1S/C28H31N3O/c1-19(28(3,4)5)29-23-16-17-25-24(18-23)27(32)31(20(2)30-25)26(21-12-8-6-9-13-21)22-14-10-7-11-15-22/h6-14,16-18,22,26,29H,1,15H2,2-5H3. The summed E-state index contributed by atoms with van der Waals surface area (Å²) in [6.07, 6.45) is 9.37. The van der Waals surface area contributed by atoms with Crippen LogP contribution in [0.25, 0.3) is 10.9 Å². The molecule has 2 unspecified atom stereocenters. The molecule has 0 spiro atoms. The molecule has 4 nitrogen and oxygen atoms in total. The van der Waals surface area contributed by atoms with Crippen LogP contribution in [0.4, 0.5) is 5.69 Å². The summed E-state index contributed by atoms with van der Waals surface area (Å²) in [4.78, 5) is 18.7. The van der Waals surface area contributed by atoms with Crippen molar-refractivity contribution >= 4 is 16.6 Å². The Balaban J connectivity index is 1.86. The van der Waals surface area contributed by atoms with E-state index in [0.29, 0.717) is 10.9 Å². The molecule has 32 heavy (non-hydrogen) atoms. The molecule has 164 valence electrons. The van der Waals surface area contributed by atoms with Gasteiger partial charge in [-0.25, -0.2) is 4.98 Å². The lowest BCUT2D eigenvalue weighted by atomic mass is 9.87. The zero-order valence-electron chi connectivity index (χ0n) is 19.3. The third-order valence-electron chi connectivity index (χ3n) is 6.12. The van der Waals surface area contributed by atoms with Crippen LogP contribution in [0.3, 0.4) is 0 Å². The van der Waals surface area contributed by atoms with E-state index in [1.807, 2.05) is 47.9 Å². The van der Waals surface area contributed by atoms with E-state index in [4.69, 9.17) is 4.98 Å². The molecule has 0 saturated heterocycles. The Labute approximate surface area is 190 Å². The molecule has 1 aromatic heterocycles. The van der Waals surface area contributed by atoms with E-state index >= 15 is 0 Å². The predicted molar refractivity (Wildman–Crippen MR) is 134 cm³/mol. The van der Waals surface area contributed by atoms with Crippen LogP contribution in [0, 0.1) is 18.3 Å². The van der Waals surface area contributed by atoms with Crippen LogP contribution >= 0.6 is 0 Å². The first-order valence-corrected chi connectivity index (χ1v) is 11.1. The van der Waals surface area contributed by atoms with Gasteiger partial charge < -0.3 is 5.32 Å². The van der Waals surface area contributed by atoms with Crippen LogP contribution in [-0.4, -0.2) is 9.55 Å². The minimum Gasteiger partial charge on any atom is -0.359 e. The fourth-order valence-corrected chi connectivity index (χ4v) is 4.15. The molecular weight excluding hydrogens is 394 g/mol. The molecule has 2 atom stereocenters. The van der Waals surface area contributed by atoms with Gasteiger partial charge in [0.15, 0.2) is 0 Å². The molecule has 4 heteroatoms. The second kappa shape index (κ2) is 8.62. The SMILES string of the molecule is C=C(Nc1ccc2nc(C)n(C(c3ccccc3)C3C=CC=CC3)c(=O)c2c1)C(C)(C)C. The smallest absolute Gasteiger partial charge is 0.262 e. The van der Waals surface area contributed by atoms with Crippen LogP contribution in [0.1, 0.15) is 44.6 Å². The topological polar surface area (TPSA) is 46.9 Å². The molecule has 4 rings (SSSR count). The first-order chi connectivity index (χ1) is 15.3. The average molecular weight is 426 g/mol. The predicted octanol–water partition coefficient (Wildman–Crippen LogP) is 6.40. The maximum absolute atomic E-state index is 13.9. The Hall–Kier alpha value is -3.40. The first-order valence-electron chi connectivity index (χ1n) is 11.1. The number of fused-ring (bicyclic) bond motifs is 1. The summed E-state index contributed by atoms with van der Waals surface area (Å²) in [5, 5.41) is 3.98. The number of nitrogens with zero attached hydrogens (tertiary/aromatic N) is 2. The second-order valence-electron chi connectivity index (χ2n) is 9.49. The number of rotatable bonds is 5. The van der Waals surface area contributed by atoms with Crippen LogP contribution < -0.4 is 10.9 Å². The van der Waals surface area contributed by atoms with Crippen LogP contribution in [-0.2, 0) is 0 Å². The number of allylic oxidation sites excluding steroid dienone is 5. The molecule has 1 aliphatic rings. The van der Waals surface area contributed by atoms with Crippen molar-refractivity contribution in [3.05, 3.63) is 107 Å². The largest absolute Gasteiger partial charge is 0.359 e. The van der Waals surface area contributed by atoms with Crippen molar-refractivity contribution in [3.8, 4) is 0 Å². The number of anilines is 1. The molecule has 1 heterocycles. The van der Waals surface area contributed by atoms with Gasteiger partial charge in [0.2, 0.25) is 0 Å². The zero-order chi connectivity index (χ0) is 22.9. The number of benzene rings is 2. The highest BCUT2D eigenvalue weighted by Crippen LogP contribution is 2.33. The van der Waals surface area contributed by atoms with Crippen molar-refractivity contribution in [2.45, 2.75) is 40.2 Å². The molecule has 1 aliphatic carbocycles.